The summed E-state index contributed by atoms with van der Waals surface area (Å²) in [5.74, 6) is 0.905. The number of nitrogens with two attached hydrogens (primary N) is 1. The Morgan fingerprint density at radius 3 is 2.76 bits per heavy atom. The van der Waals surface area contributed by atoms with Crippen LogP contribution in [-0.4, -0.2) is 10.2 Å². The molecule has 1 aliphatic carbocycles. The first-order valence-electron chi connectivity index (χ1n) is 6.61. The predicted octanol–water partition coefficient (Wildman–Crippen LogP) is 4.58. The Morgan fingerprint density at radius 1 is 1.00 bits per heavy atom. The number of fused-ring (bicyclic) bond motifs is 3. The first-order valence-corrected chi connectivity index (χ1v) is 6.99. The smallest absolute Gasteiger partial charge is 0.132 e. The van der Waals surface area contributed by atoms with E-state index in [1.807, 2.05) is 42.5 Å². The van der Waals surface area contributed by atoms with Crippen LogP contribution in [0.5, 0.6) is 0 Å². The zero-order valence-corrected chi connectivity index (χ0v) is 11.8. The molecule has 0 fully saturated rings. The maximum absolute atomic E-state index is 6.01. The van der Waals surface area contributed by atoms with Crippen LogP contribution in [0.1, 0.15) is 0 Å². The van der Waals surface area contributed by atoms with E-state index in [4.69, 9.17) is 17.3 Å². The Kier molecular flexibility index (Phi) is 2.59. The van der Waals surface area contributed by atoms with Crippen LogP contribution in [-0.2, 0) is 0 Å². The fourth-order valence-corrected chi connectivity index (χ4v) is 2.82. The van der Waals surface area contributed by atoms with E-state index in [2.05, 4.69) is 21.6 Å². The van der Waals surface area contributed by atoms with Gasteiger partial charge in [0.2, 0.25) is 0 Å². The highest BCUT2D eigenvalue weighted by Gasteiger charge is 2.16. The summed E-state index contributed by atoms with van der Waals surface area (Å²) >= 11 is 6.01. The molecule has 0 spiro atoms. The second-order valence-electron chi connectivity index (χ2n) is 5.04. The van der Waals surface area contributed by atoms with E-state index >= 15 is 0 Å². The van der Waals surface area contributed by atoms with E-state index in [1.54, 1.807) is 0 Å². The second kappa shape index (κ2) is 4.46. The van der Waals surface area contributed by atoms with Gasteiger partial charge in [-0.2, -0.15) is 0 Å². The van der Waals surface area contributed by atoms with E-state index < -0.39 is 0 Å². The molecule has 2 aromatic rings. The molecule has 5 N–H and O–H groups in total. The lowest BCUT2D eigenvalue weighted by atomic mass is 10.2. The topological polar surface area (TPSA) is 69.6 Å². The number of aromatic amines is 2. The summed E-state index contributed by atoms with van der Waals surface area (Å²) in [6.45, 7) is 0. The molecule has 4 nitrogen and oxygen atoms in total. The highest BCUT2D eigenvalue weighted by atomic mass is 35.5. The number of hydrogen-bond acceptors (Lipinski definition) is 2. The molecule has 0 aromatic heterocycles. The average molecular weight is 297 g/mol. The monoisotopic (exact) mass is 296 g/mol. The normalized spacial score (nSPS) is 11.3. The number of benzene rings is 2. The molecule has 0 bridgehead atoms. The van der Waals surface area contributed by atoms with Gasteiger partial charge in [0.15, 0.2) is 0 Å². The minimum atomic E-state index is 0.701. The van der Waals surface area contributed by atoms with Gasteiger partial charge in [-0.1, -0.05) is 23.7 Å². The van der Waals surface area contributed by atoms with Crippen molar-refractivity contribution in [2.75, 3.05) is 11.1 Å². The van der Waals surface area contributed by atoms with Crippen LogP contribution in [0.4, 0.5) is 17.2 Å². The highest BCUT2D eigenvalue weighted by Crippen LogP contribution is 2.38. The molecule has 0 amide bonds. The largest absolute Gasteiger partial charge is 0.399 e. The van der Waals surface area contributed by atoms with Crippen molar-refractivity contribution in [1.82, 2.24) is 10.2 Å². The third-order valence-corrected chi connectivity index (χ3v) is 3.83. The van der Waals surface area contributed by atoms with Crippen LogP contribution >= 0.6 is 11.6 Å². The van der Waals surface area contributed by atoms with Crippen LogP contribution in [0.3, 0.4) is 0 Å². The zero-order valence-electron chi connectivity index (χ0n) is 11.1. The minimum absolute atomic E-state index is 0.701. The third-order valence-electron chi connectivity index (χ3n) is 3.59. The van der Waals surface area contributed by atoms with Crippen molar-refractivity contribution >= 4 is 39.6 Å². The van der Waals surface area contributed by atoms with Gasteiger partial charge in [-0.3, -0.25) is 10.2 Å². The van der Waals surface area contributed by atoms with Crippen molar-refractivity contribution in [3.63, 3.8) is 0 Å². The summed E-state index contributed by atoms with van der Waals surface area (Å²) in [6.07, 6.45) is 0. The molecule has 2 aromatic carbocycles. The maximum atomic E-state index is 6.01. The first kappa shape index (κ1) is 12.2. The van der Waals surface area contributed by atoms with Crippen molar-refractivity contribution in [3.8, 4) is 11.3 Å². The Balaban J connectivity index is 1.79. The molecule has 4 rings (SSSR count). The lowest BCUT2D eigenvalue weighted by Crippen LogP contribution is -1.90. The number of nitrogens with one attached hydrogen (secondary N) is 3. The van der Waals surface area contributed by atoms with Crippen molar-refractivity contribution in [1.29, 1.82) is 0 Å². The maximum Gasteiger partial charge on any atom is 0.132 e. The number of halogens is 1. The molecule has 2 aliphatic rings. The Bertz CT molecular complexity index is 906. The molecule has 0 unspecified atom stereocenters. The molecular formula is C16H13ClN4. The molecule has 0 atom stereocenters. The Labute approximate surface area is 126 Å². The quantitative estimate of drug-likeness (QED) is 0.409. The molecule has 1 heterocycles. The van der Waals surface area contributed by atoms with Crippen LogP contribution in [0.25, 0.3) is 22.0 Å². The number of rotatable bonds is 2. The summed E-state index contributed by atoms with van der Waals surface area (Å²) in [5, 5.41) is 12.7. The third kappa shape index (κ3) is 2.00. The fourth-order valence-electron chi connectivity index (χ4n) is 2.63. The standard InChI is InChI=1S/C16H13ClN4/c17-10-2-1-3-12(8-10)19-16-14-7-9-6-11(18)4-5-13(9)15(14)20-21-16/h1-8,19-21H,18H2. The van der Waals surface area contributed by atoms with E-state index in [9.17, 15) is 0 Å². The summed E-state index contributed by atoms with van der Waals surface area (Å²) in [7, 11) is 0. The van der Waals surface area contributed by atoms with Gasteiger partial charge in [-0.25, -0.2) is 0 Å². The van der Waals surface area contributed by atoms with Crippen molar-refractivity contribution in [3.05, 3.63) is 53.6 Å². The number of anilines is 3. The van der Waals surface area contributed by atoms with Crippen LogP contribution in [0.15, 0.2) is 48.5 Å². The van der Waals surface area contributed by atoms with Gasteiger partial charge in [0, 0.05) is 27.3 Å². The summed E-state index contributed by atoms with van der Waals surface area (Å²) in [5.41, 5.74) is 9.70. The Morgan fingerprint density at radius 2 is 1.90 bits per heavy atom. The predicted molar refractivity (Wildman–Crippen MR) is 88.4 cm³/mol. The van der Waals surface area contributed by atoms with Gasteiger partial charge in [0.05, 0.1) is 5.69 Å². The molecule has 104 valence electrons. The van der Waals surface area contributed by atoms with Crippen LogP contribution in [0, 0.1) is 0 Å². The molecule has 5 heteroatoms. The van der Waals surface area contributed by atoms with Gasteiger partial charge >= 0.3 is 0 Å². The SMILES string of the molecule is Nc1ccc2c3[nH][nH]c(Nc4cccc(Cl)c4)c-3cc2c1. The van der Waals surface area contributed by atoms with Gasteiger partial charge in [-0.05, 0) is 41.8 Å². The number of H-pyrrole nitrogens is 2. The number of aromatic nitrogens is 2. The molecular weight excluding hydrogens is 284 g/mol. The fraction of sp³-hybridized carbons (Fsp3) is 0. The average Bonchev–Trinajstić information content (AvgIpc) is 2.98. The highest BCUT2D eigenvalue weighted by molar-refractivity contribution is 6.30. The lowest BCUT2D eigenvalue weighted by molar-refractivity contribution is 1.11. The van der Waals surface area contributed by atoms with E-state index in [1.165, 1.54) is 0 Å². The lowest BCUT2D eigenvalue weighted by Gasteiger charge is -2.04. The molecule has 1 aliphatic heterocycles. The molecule has 0 saturated heterocycles. The van der Waals surface area contributed by atoms with Gasteiger partial charge in [0.25, 0.3) is 0 Å². The molecule has 0 saturated carbocycles. The van der Waals surface area contributed by atoms with Gasteiger partial charge in [0.1, 0.15) is 5.82 Å². The van der Waals surface area contributed by atoms with Gasteiger partial charge in [-0.15, -0.1) is 0 Å². The van der Waals surface area contributed by atoms with Gasteiger partial charge < -0.3 is 11.1 Å². The first-order chi connectivity index (χ1) is 10.2. The second-order valence-corrected chi connectivity index (χ2v) is 5.48. The Hall–Kier alpha value is -2.59. The summed E-state index contributed by atoms with van der Waals surface area (Å²) in [4.78, 5) is 0. The zero-order chi connectivity index (χ0) is 14.4. The van der Waals surface area contributed by atoms with E-state index in [-0.39, 0.29) is 0 Å². The van der Waals surface area contributed by atoms with Crippen LogP contribution in [0.2, 0.25) is 5.02 Å². The van der Waals surface area contributed by atoms with Crippen LogP contribution < -0.4 is 11.1 Å². The van der Waals surface area contributed by atoms with Crippen molar-refractivity contribution in [2.45, 2.75) is 0 Å². The van der Waals surface area contributed by atoms with E-state index in [0.717, 1.165) is 39.2 Å². The van der Waals surface area contributed by atoms with E-state index in [0.29, 0.717) is 5.02 Å². The molecule has 21 heavy (non-hydrogen) atoms. The summed E-state index contributed by atoms with van der Waals surface area (Å²) < 4.78 is 0. The van der Waals surface area contributed by atoms with Crippen molar-refractivity contribution in [2.24, 2.45) is 0 Å². The molecule has 0 radical (unpaired) electrons. The minimum Gasteiger partial charge on any atom is -0.399 e. The number of hydrogen-bond donors (Lipinski definition) is 4. The number of nitrogen functional groups attached to an aromatic ring is 1. The summed E-state index contributed by atoms with van der Waals surface area (Å²) in [6, 6.07) is 15.6. The van der Waals surface area contributed by atoms with Crippen molar-refractivity contribution < 1.29 is 0 Å².